The van der Waals surface area contributed by atoms with Crippen molar-refractivity contribution in [2.45, 2.75) is 83.3 Å². The van der Waals surface area contributed by atoms with Crippen molar-refractivity contribution in [3.8, 4) is 0 Å². The molecule has 0 heterocycles. The van der Waals surface area contributed by atoms with Crippen molar-refractivity contribution < 1.29 is 31.1 Å². The van der Waals surface area contributed by atoms with Crippen LogP contribution in [0.2, 0.25) is 0 Å². The molecular formula is C25H36F3N3O4S. The number of esters is 1. The van der Waals surface area contributed by atoms with Crippen LogP contribution in [0.3, 0.4) is 0 Å². The van der Waals surface area contributed by atoms with Gasteiger partial charge in [0.05, 0.1) is 17.1 Å². The summed E-state index contributed by atoms with van der Waals surface area (Å²) in [5.41, 5.74) is -0.404. The maximum absolute atomic E-state index is 13.7. The summed E-state index contributed by atoms with van der Waals surface area (Å²) >= 11 is 0. The number of carbonyl (C=O) groups is 1. The maximum Gasteiger partial charge on any atom is 0.416 e. The van der Waals surface area contributed by atoms with E-state index in [2.05, 4.69) is 9.71 Å². The molecule has 36 heavy (non-hydrogen) atoms. The number of rotatable bonds is 9. The zero-order valence-electron chi connectivity index (χ0n) is 21.4. The monoisotopic (exact) mass is 531 g/mol. The van der Waals surface area contributed by atoms with Crippen molar-refractivity contribution in [1.29, 1.82) is 5.41 Å². The van der Waals surface area contributed by atoms with Crippen LogP contribution >= 0.6 is 0 Å². The standard InChI is InChI=1S/C25H36F3N3O4S/c1-6-35-23(32)15-30-21-8-7-9-22(20(21)14-29)31-36(33,34)19-11-17(16(2)13-24(3,4)5)10-18(12-19)25(26,27)28/h10-12,14,16,20,22,29,31H,6-9,13,15H2,1-5H3. The summed E-state index contributed by atoms with van der Waals surface area (Å²) < 4.78 is 75.0. The minimum absolute atomic E-state index is 0.163. The zero-order valence-corrected chi connectivity index (χ0v) is 22.2. The first kappa shape index (κ1) is 30.0. The molecule has 7 nitrogen and oxygen atoms in total. The van der Waals surface area contributed by atoms with Gasteiger partial charge in [0.25, 0.3) is 0 Å². The van der Waals surface area contributed by atoms with Gasteiger partial charge in [-0.05, 0) is 67.7 Å². The first-order chi connectivity index (χ1) is 16.6. The first-order valence-corrected chi connectivity index (χ1v) is 13.5. The summed E-state index contributed by atoms with van der Waals surface area (Å²) in [6, 6.07) is 2.18. The first-order valence-electron chi connectivity index (χ1n) is 12.0. The van der Waals surface area contributed by atoms with Gasteiger partial charge in [0.2, 0.25) is 10.0 Å². The van der Waals surface area contributed by atoms with Gasteiger partial charge in [0.1, 0.15) is 6.54 Å². The van der Waals surface area contributed by atoms with Gasteiger partial charge in [-0.25, -0.2) is 13.1 Å². The Morgan fingerprint density at radius 1 is 1.28 bits per heavy atom. The van der Waals surface area contributed by atoms with Gasteiger partial charge in [0.15, 0.2) is 0 Å². The fourth-order valence-electron chi connectivity index (χ4n) is 4.51. The van der Waals surface area contributed by atoms with Gasteiger partial charge in [-0.1, -0.05) is 27.7 Å². The van der Waals surface area contributed by atoms with Crippen molar-refractivity contribution in [2.75, 3.05) is 13.2 Å². The molecule has 0 bridgehead atoms. The Morgan fingerprint density at radius 2 is 1.94 bits per heavy atom. The van der Waals surface area contributed by atoms with Crippen LogP contribution < -0.4 is 4.72 Å². The molecule has 0 spiro atoms. The van der Waals surface area contributed by atoms with E-state index in [0.717, 1.165) is 12.3 Å². The van der Waals surface area contributed by atoms with E-state index >= 15 is 0 Å². The average Bonchev–Trinajstić information content (AvgIpc) is 2.75. The molecule has 11 heteroatoms. The van der Waals surface area contributed by atoms with Gasteiger partial charge in [-0.2, -0.15) is 13.2 Å². The molecule has 1 aliphatic rings. The van der Waals surface area contributed by atoms with Crippen LogP contribution in [-0.2, 0) is 25.7 Å². The molecule has 0 radical (unpaired) electrons. The third-order valence-corrected chi connectivity index (χ3v) is 7.49. The van der Waals surface area contributed by atoms with Crippen LogP contribution in [0.4, 0.5) is 13.2 Å². The third kappa shape index (κ3) is 8.40. The Hall–Kier alpha value is -2.27. The van der Waals surface area contributed by atoms with Crippen LogP contribution in [0.25, 0.3) is 0 Å². The molecule has 3 atom stereocenters. The Morgan fingerprint density at radius 3 is 2.50 bits per heavy atom. The number of ether oxygens (including phenoxy) is 1. The number of nitrogens with zero attached hydrogens (tertiary/aromatic N) is 1. The van der Waals surface area contributed by atoms with E-state index in [1.807, 2.05) is 20.8 Å². The van der Waals surface area contributed by atoms with E-state index in [-0.39, 0.29) is 24.5 Å². The Kier molecular flexibility index (Phi) is 9.86. The lowest BCUT2D eigenvalue weighted by atomic mass is 9.82. The fourth-order valence-corrected chi connectivity index (χ4v) is 5.88. The van der Waals surface area contributed by atoms with E-state index < -0.39 is 44.6 Å². The Labute approximate surface area is 211 Å². The van der Waals surface area contributed by atoms with Gasteiger partial charge < -0.3 is 10.1 Å². The van der Waals surface area contributed by atoms with Crippen molar-refractivity contribution in [1.82, 2.24) is 4.72 Å². The van der Waals surface area contributed by atoms with Crippen molar-refractivity contribution in [2.24, 2.45) is 16.3 Å². The van der Waals surface area contributed by atoms with Crippen molar-refractivity contribution in [3.05, 3.63) is 29.3 Å². The number of alkyl halides is 3. The number of benzene rings is 1. The highest BCUT2D eigenvalue weighted by molar-refractivity contribution is 7.89. The van der Waals surface area contributed by atoms with Gasteiger partial charge in [-0.3, -0.25) is 9.79 Å². The predicted octanol–water partition coefficient (Wildman–Crippen LogP) is 5.35. The molecule has 0 aliphatic heterocycles. The van der Waals surface area contributed by atoms with Crippen molar-refractivity contribution in [3.63, 3.8) is 0 Å². The number of carbonyl (C=O) groups excluding carboxylic acids is 1. The van der Waals surface area contributed by atoms with E-state index in [9.17, 15) is 26.4 Å². The largest absolute Gasteiger partial charge is 0.465 e. The van der Waals surface area contributed by atoms with Crippen LogP contribution in [0.1, 0.15) is 77.3 Å². The predicted molar refractivity (Wildman–Crippen MR) is 133 cm³/mol. The van der Waals surface area contributed by atoms with Gasteiger partial charge in [-0.15, -0.1) is 0 Å². The van der Waals surface area contributed by atoms with Crippen LogP contribution in [-0.4, -0.2) is 45.5 Å². The number of hydrogen-bond acceptors (Lipinski definition) is 6. The average molecular weight is 532 g/mol. The second kappa shape index (κ2) is 11.9. The highest BCUT2D eigenvalue weighted by Gasteiger charge is 2.36. The highest BCUT2D eigenvalue weighted by atomic mass is 32.2. The second-order valence-corrected chi connectivity index (χ2v) is 12.1. The minimum atomic E-state index is -4.71. The van der Waals surface area contributed by atoms with Crippen LogP contribution in [0, 0.1) is 16.7 Å². The third-order valence-electron chi connectivity index (χ3n) is 6.02. The molecule has 1 fully saturated rings. The van der Waals surface area contributed by atoms with E-state index in [1.165, 1.54) is 6.07 Å². The molecule has 1 aromatic carbocycles. The van der Waals surface area contributed by atoms with E-state index in [0.29, 0.717) is 43.0 Å². The summed E-state index contributed by atoms with van der Waals surface area (Å²) in [5, 5.41) is 7.82. The normalized spacial score (nSPS) is 21.3. The number of nitrogens with one attached hydrogen (secondary N) is 2. The fraction of sp³-hybridized carbons (Fsp3) is 0.640. The topological polar surface area (TPSA) is 109 Å². The molecule has 202 valence electrons. The molecule has 1 saturated carbocycles. The summed E-state index contributed by atoms with van der Waals surface area (Å²) in [7, 11) is -4.35. The van der Waals surface area contributed by atoms with Gasteiger partial charge in [0, 0.05) is 23.9 Å². The minimum Gasteiger partial charge on any atom is -0.465 e. The van der Waals surface area contributed by atoms with E-state index in [4.69, 9.17) is 10.1 Å². The number of aliphatic imine (C=N–C) groups is 1. The Bertz CT molecular complexity index is 1080. The lowest BCUT2D eigenvalue weighted by Gasteiger charge is -2.31. The molecule has 2 rings (SSSR count). The summed E-state index contributed by atoms with van der Waals surface area (Å²) in [5.74, 6) is -1.54. The smallest absolute Gasteiger partial charge is 0.416 e. The molecule has 0 saturated heterocycles. The Balaban J connectivity index is 2.39. The lowest BCUT2D eigenvalue weighted by molar-refractivity contribution is -0.141. The number of sulfonamides is 1. The number of halogens is 3. The molecule has 1 aromatic rings. The van der Waals surface area contributed by atoms with Crippen LogP contribution in [0.15, 0.2) is 28.1 Å². The molecule has 0 aromatic heterocycles. The molecule has 2 N–H and O–H groups in total. The SMILES string of the molecule is CCOC(=O)CN=C1CCCC(NS(=O)(=O)c2cc(C(C)CC(C)(C)C)cc(C(F)(F)F)c2)C1C=N. The highest BCUT2D eigenvalue weighted by Crippen LogP contribution is 2.37. The second-order valence-electron chi connectivity index (χ2n) is 10.4. The lowest BCUT2D eigenvalue weighted by Crippen LogP contribution is -2.46. The summed E-state index contributed by atoms with van der Waals surface area (Å²) in [6.45, 7) is 9.32. The maximum atomic E-state index is 13.7. The van der Waals surface area contributed by atoms with Gasteiger partial charge >= 0.3 is 12.1 Å². The molecule has 3 unspecified atom stereocenters. The van der Waals surface area contributed by atoms with Crippen molar-refractivity contribution >= 4 is 27.9 Å². The molecule has 1 aliphatic carbocycles. The number of hydrogen-bond donors (Lipinski definition) is 2. The summed E-state index contributed by atoms with van der Waals surface area (Å²) in [4.78, 5) is 15.4. The van der Waals surface area contributed by atoms with E-state index in [1.54, 1.807) is 13.8 Å². The molecule has 0 amide bonds. The quantitative estimate of drug-likeness (QED) is 0.331. The zero-order chi connectivity index (χ0) is 27.3. The van der Waals surface area contributed by atoms with Crippen LogP contribution in [0.5, 0.6) is 0 Å². The summed E-state index contributed by atoms with van der Waals surface area (Å²) in [6.07, 6.45) is -1.67. The molecular weight excluding hydrogens is 495 g/mol.